The van der Waals surface area contributed by atoms with Gasteiger partial charge in [-0.1, -0.05) is 18.5 Å². The zero-order chi connectivity index (χ0) is 24.9. The van der Waals surface area contributed by atoms with Crippen LogP contribution in [0.4, 0.5) is 13.2 Å². The highest BCUT2D eigenvalue weighted by atomic mass is 35.5. The zero-order valence-electron chi connectivity index (χ0n) is 18.1. The first-order valence-corrected chi connectivity index (χ1v) is 11.5. The number of H-pyrrole nitrogens is 1. The second-order valence-electron chi connectivity index (χ2n) is 7.25. The monoisotopic (exact) mass is 513 g/mol. The van der Waals surface area contributed by atoms with Gasteiger partial charge in [0.2, 0.25) is 0 Å². The maximum Gasteiger partial charge on any atom is 0.389 e. The van der Waals surface area contributed by atoms with Crippen LogP contribution in [0.2, 0.25) is 5.02 Å². The van der Waals surface area contributed by atoms with Crippen LogP contribution in [-0.4, -0.2) is 23.6 Å². The van der Waals surface area contributed by atoms with Crippen LogP contribution in [-0.2, 0) is 6.42 Å². The van der Waals surface area contributed by atoms with Gasteiger partial charge in [0.1, 0.15) is 5.75 Å². The van der Waals surface area contributed by atoms with E-state index in [9.17, 15) is 18.0 Å². The number of thiophene rings is 1. The van der Waals surface area contributed by atoms with Crippen molar-refractivity contribution in [1.29, 1.82) is 0 Å². The van der Waals surface area contributed by atoms with Gasteiger partial charge in [0.15, 0.2) is 5.84 Å². The number of ether oxygens (including phenoxy) is 1. The fourth-order valence-electron chi connectivity index (χ4n) is 3.29. The molecule has 0 saturated carbocycles. The molecular formula is C22H23ClF3N5O2S. The molecule has 0 radical (unpaired) electrons. The molecule has 0 amide bonds. The van der Waals surface area contributed by atoms with E-state index >= 15 is 0 Å². The van der Waals surface area contributed by atoms with Crippen molar-refractivity contribution in [3.8, 4) is 27.4 Å². The number of aromatic amines is 1. The van der Waals surface area contributed by atoms with E-state index in [4.69, 9.17) is 28.0 Å². The Morgan fingerprint density at radius 1 is 1.24 bits per heavy atom. The maximum atomic E-state index is 13.0. The van der Waals surface area contributed by atoms with Crippen LogP contribution in [0.3, 0.4) is 0 Å². The number of rotatable bonds is 8. The van der Waals surface area contributed by atoms with E-state index in [-0.39, 0.29) is 29.4 Å². The molecule has 6 N–H and O–H groups in total. The highest BCUT2D eigenvalue weighted by molar-refractivity contribution is 7.15. The third-order valence-electron chi connectivity index (χ3n) is 4.92. The number of aromatic nitrogens is 1. The van der Waals surface area contributed by atoms with E-state index in [1.807, 2.05) is 19.1 Å². The van der Waals surface area contributed by atoms with Gasteiger partial charge in [-0.2, -0.15) is 18.3 Å². The summed E-state index contributed by atoms with van der Waals surface area (Å²) in [5, 5.41) is 3.84. The van der Waals surface area contributed by atoms with Crippen LogP contribution < -0.4 is 27.4 Å². The van der Waals surface area contributed by atoms with Crippen molar-refractivity contribution in [2.45, 2.75) is 32.4 Å². The molecule has 182 valence electrons. The van der Waals surface area contributed by atoms with Crippen LogP contribution in [0.15, 0.2) is 46.3 Å². The van der Waals surface area contributed by atoms with Crippen molar-refractivity contribution < 1.29 is 17.9 Å². The number of amidine groups is 1. The second kappa shape index (κ2) is 10.9. The van der Waals surface area contributed by atoms with Gasteiger partial charge in [0.25, 0.3) is 5.56 Å². The zero-order valence-corrected chi connectivity index (χ0v) is 19.7. The smallest absolute Gasteiger partial charge is 0.389 e. The van der Waals surface area contributed by atoms with E-state index in [2.05, 4.69) is 15.5 Å². The molecule has 2 heterocycles. The lowest BCUT2D eigenvalue weighted by molar-refractivity contribution is -0.136. The highest BCUT2D eigenvalue weighted by Crippen LogP contribution is 2.35. The molecule has 1 aromatic carbocycles. The van der Waals surface area contributed by atoms with Gasteiger partial charge in [0, 0.05) is 27.3 Å². The fourth-order valence-corrected chi connectivity index (χ4v) is 4.53. The Balaban J connectivity index is 1.97. The molecule has 3 rings (SSSR count). The molecule has 3 aromatic rings. The number of nitrogens with zero attached hydrogens (tertiary/aromatic N) is 1. The molecule has 2 aromatic heterocycles. The number of hydrazine groups is 1. The number of nitrogens with two attached hydrogens (primary N) is 2. The number of benzene rings is 1. The molecule has 0 atom stereocenters. The van der Waals surface area contributed by atoms with Crippen molar-refractivity contribution in [3.63, 3.8) is 0 Å². The maximum absolute atomic E-state index is 13.0. The van der Waals surface area contributed by atoms with Gasteiger partial charge in [-0.3, -0.25) is 4.79 Å². The van der Waals surface area contributed by atoms with Crippen molar-refractivity contribution >= 4 is 28.8 Å². The van der Waals surface area contributed by atoms with Crippen LogP contribution in [0, 0.1) is 0 Å². The summed E-state index contributed by atoms with van der Waals surface area (Å²) in [6.07, 6.45) is -4.49. The number of pyridine rings is 1. The second-order valence-corrected chi connectivity index (χ2v) is 8.83. The lowest BCUT2D eigenvalue weighted by Crippen LogP contribution is -2.36. The summed E-state index contributed by atoms with van der Waals surface area (Å²) in [7, 11) is 0. The van der Waals surface area contributed by atoms with Crippen LogP contribution >= 0.6 is 22.9 Å². The van der Waals surface area contributed by atoms with E-state index in [1.165, 1.54) is 17.4 Å². The normalized spacial score (nSPS) is 12.1. The lowest BCUT2D eigenvalue weighted by Gasteiger charge is -2.13. The SMILES string of the molecule is CCc1ccc(-c2cc(-c3ccc(OCCCC(F)(F)F)cc3Cl)[nH]c(=O)c2/C(=N/N)NN)s1. The molecule has 7 nitrogen and oxygen atoms in total. The van der Waals surface area contributed by atoms with Crippen molar-refractivity contribution in [2.75, 3.05) is 6.61 Å². The first-order chi connectivity index (χ1) is 16.2. The standard InChI is InChI=1S/C22H23ClF3N5O2S/c1-2-13-5-7-18(34-13)15-11-17(29-21(32)19(15)20(30-27)31-28)14-6-4-12(10-16(14)23)33-9-3-8-22(24,25)26/h4-7,10-11H,2-3,8-9,27-28H2,1H3,(H,29,32)(H,30,31). The van der Waals surface area contributed by atoms with Crippen LogP contribution in [0.5, 0.6) is 5.75 Å². The molecule has 0 spiro atoms. The molecule has 0 saturated heterocycles. The predicted octanol–water partition coefficient (Wildman–Crippen LogP) is 4.79. The molecule has 0 bridgehead atoms. The Bertz CT molecular complexity index is 1240. The number of hydrazone groups is 1. The summed E-state index contributed by atoms with van der Waals surface area (Å²) < 4.78 is 42.2. The third-order valence-corrected chi connectivity index (χ3v) is 6.49. The molecule has 0 aliphatic heterocycles. The van der Waals surface area contributed by atoms with Gasteiger partial charge in [-0.25, -0.2) is 5.84 Å². The minimum atomic E-state index is -4.23. The molecule has 0 aliphatic carbocycles. The van der Waals surface area contributed by atoms with Crippen molar-refractivity contribution in [2.24, 2.45) is 16.8 Å². The fraction of sp³-hybridized carbons (Fsp3) is 0.273. The average Bonchev–Trinajstić information content (AvgIpc) is 3.27. The van der Waals surface area contributed by atoms with Crippen molar-refractivity contribution in [1.82, 2.24) is 10.4 Å². The van der Waals surface area contributed by atoms with Gasteiger partial charge in [-0.15, -0.1) is 11.3 Å². The van der Waals surface area contributed by atoms with Gasteiger partial charge >= 0.3 is 6.18 Å². The number of hydrogen-bond acceptors (Lipinski definition) is 6. The van der Waals surface area contributed by atoms with E-state index in [1.54, 1.807) is 18.2 Å². The molecule has 0 aliphatic rings. The summed E-state index contributed by atoms with van der Waals surface area (Å²) in [6, 6.07) is 10.3. The number of hydrogen-bond donors (Lipinski definition) is 4. The first kappa shape index (κ1) is 25.6. The number of halogens is 4. The first-order valence-electron chi connectivity index (χ1n) is 10.3. The summed E-state index contributed by atoms with van der Waals surface area (Å²) >= 11 is 7.95. The lowest BCUT2D eigenvalue weighted by atomic mass is 10.0. The van der Waals surface area contributed by atoms with Crippen LogP contribution in [0.25, 0.3) is 21.7 Å². The van der Waals surface area contributed by atoms with Crippen molar-refractivity contribution in [3.05, 3.63) is 62.2 Å². The molecular weight excluding hydrogens is 491 g/mol. The molecule has 0 unspecified atom stereocenters. The Hall–Kier alpha value is -3.02. The molecule has 34 heavy (non-hydrogen) atoms. The summed E-state index contributed by atoms with van der Waals surface area (Å²) in [6.45, 7) is 1.93. The van der Waals surface area contributed by atoms with E-state index < -0.39 is 18.2 Å². The van der Waals surface area contributed by atoms with E-state index in [0.717, 1.165) is 16.2 Å². The third kappa shape index (κ3) is 6.10. The molecule has 12 heteroatoms. The number of nitrogens with one attached hydrogen (secondary N) is 2. The summed E-state index contributed by atoms with van der Waals surface area (Å²) in [5.41, 5.74) is 3.55. The average molecular weight is 514 g/mol. The molecule has 0 fully saturated rings. The largest absolute Gasteiger partial charge is 0.494 e. The minimum Gasteiger partial charge on any atom is -0.494 e. The quantitative estimate of drug-likeness (QED) is 0.113. The minimum absolute atomic E-state index is 0.0166. The Morgan fingerprint density at radius 2 is 2.00 bits per heavy atom. The number of aryl methyl sites for hydroxylation is 1. The summed E-state index contributed by atoms with van der Waals surface area (Å²) in [5.74, 6) is 11.3. The Morgan fingerprint density at radius 3 is 2.59 bits per heavy atom. The van der Waals surface area contributed by atoms with Gasteiger partial charge < -0.3 is 21.0 Å². The highest BCUT2D eigenvalue weighted by Gasteiger charge is 2.26. The Labute approximate surface area is 202 Å². The summed E-state index contributed by atoms with van der Waals surface area (Å²) in [4.78, 5) is 17.7. The predicted molar refractivity (Wildman–Crippen MR) is 129 cm³/mol. The Kier molecular flexibility index (Phi) is 8.24. The number of alkyl halides is 3. The van der Waals surface area contributed by atoms with Gasteiger partial charge in [-0.05, 0) is 49.2 Å². The topological polar surface area (TPSA) is 119 Å². The van der Waals surface area contributed by atoms with E-state index in [0.29, 0.717) is 22.6 Å². The van der Waals surface area contributed by atoms with Crippen LogP contribution in [0.1, 0.15) is 30.2 Å². The van der Waals surface area contributed by atoms with Gasteiger partial charge in [0.05, 0.1) is 22.9 Å².